The van der Waals surface area contributed by atoms with Crippen molar-refractivity contribution in [2.45, 2.75) is 59.4 Å². The molecule has 0 radical (unpaired) electrons. The van der Waals surface area contributed by atoms with Crippen molar-refractivity contribution >= 4 is 34.5 Å². The van der Waals surface area contributed by atoms with Crippen LogP contribution in [0.3, 0.4) is 0 Å². The quantitative estimate of drug-likeness (QED) is 0.134. The minimum Gasteiger partial charge on any atom is -0.489 e. The second kappa shape index (κ2) is 12.2. The second-order valence-corrected chi connectivity index (χ2v) is 8.38. The number of carbonyl (C=O) groups is 2. The van der Waals surface area contributed by atoms with Crippen molar-refractivity contribution in [3.63, 3.8) is 0 Å². The molecule has 0 heterocycles. The summed E-state index contributed by atoms with van der Waals surface area (Å²) in [5, 5.41) is 10.7. The fourth-order valence-electron chi connectivity index (χ4n) is 2.37. The molecule has 0 bridgehead atoms. The van der Waals surface area contributed by atoms with E-state index < -0.39 is 23.8 Å². The Morgan fingerprint density at radius 3 is 2.42 bits per heavy atom. The maximum atomic E-state index is 11.9. The standard InChI is InChI=1S/C23H31IO7/c1-8-23(7,27)17-12-18(24)20(30-16(6)28-9-2)19(13-17)29-11-10-15(5)22(26)31-21(25)14(3)4/h12-13,16,27H,3,5,8-11H2,1-2,4,6-7H3. The summed E-state index contributed by atoms with van der Waals surface area (Å²) < 4.78 is 22.7. The van der Waals surface area contributed by atoms with Gasteiger partial charge in [-0.1, -0.05) is 20.1 Å². The molecule has 2 unspecified atom stereocenters. The Morgan fingerprint density at radius 1 is 1.23 bits per heavy atom. The summed E-state index contributed by atoms with van der Waals surface area (Å²) >= 11 is 2.12. The molecule has 0 saturated heterocycles. The molecule has 1 aromatic carbocycles. The molecule has 0 aromatic heterocycles. The highest BCUT2D eigenvalue weighted by molar-refractivity contribution is 14.1. The van der Waals surface area contributed by atoms with Crippen molar-refractivity contribution in [1.82, 2.24) is 0 Å². The van der Waals surface area contributed by atoms with E-state index in [-0.39, 0.29) is 24.2 Å². The molecule has 0 fully saturated rings. The number of esters is 2. The number of halogens is 1. The molecule has 0 aliphatic carbocycles. The van der Waals surface area contributed by atoms with Crippen molar-refractivity contribution in [2.24, 2.45) is 0 Å². The van der Waals surface area contributed by atoms with Gasteiger partial charge in [-0.2, -0.15) is 0 Å². The van der Waals surface area contributed by atoms with Gasteiger partial charge < -0.3 is 24.1 Å². The van der Waals surface area contributed by atoms with E-state index in [1.165, 1.54) is 6.92 Å². The van der Waals surface area contributed by atoms with Crippen molar-refractivity contribution in [2.75, 3.05) is 13.2 Å². The van der Waals surface area contributed by atoms with Crippen LogP contribution in [0.1, 0.15) is 53.0 Å². The van der Waals surface area contributed by atoms with Gasteiger partial charge in [0.1, 0.15) is 0 Å². The zero-order valence-corrected chi connectivity index (χ0v) is 20.9. The minimum absolute atomic E-state index is 0.0857. The molecule has 31 heavy (non-hydrogen) atoms. The predicted molar refractivity (Wildman–Crippen MR) is 126 cm³/mol. The maximum absolute atomic E-state index is 11.9. The largest absolute Gasteiger partial charge is 0.489 e. The van der Waals surface area contributed by atoms with Crippen LogP contribution in [0.25, 0.3) is 0 Å². The highest BCUT2D eigenvalue weighted by atomic mass is 127. The van der Waals surface area contributed by atoms with Gasteiger partial charge in [-0.25, -0.2) is 9.59 Å². The van der Waals surface area contributed by atoms with E-state index in [4.69, 9.17) is 14.2 Å². The number of benzene rings is 1. The monoisotopic (exact) mass is 546 g/mol. The molecule has 1 rings (SSSR count). The van der Waals surface area contributed by atoms with Crippen LogP contribution in [0.2, 0.25) is 0 Å². The molecule has 2 atom stereocenters. The zero-order valence-electron chi connectivity index (χ0n) is 18.7. The SMILES string of the molecule is C=C(C)C(=O)OC(=O)C(=C)CCOc1cc(C(C)(O)CC)cc(I)c1OC(C)OCC. The summed E-state index contributed by atoms with van der Waals surface area (Å²) in [6.45, 7) is 16.4. The Kier molecular flexibility index (Phi) is 10.7. The first-order valence-corrected chi connectivity index (χ1v) is 11.1. The van der Waals surface area contributed by atoms with Gasteiger partial charge in [0.25, 0.3) is 0 Å². The molecule has 0 aliphatic rings. The minimum atomic E-state index is -1.04. The topological polar surface area (TPSA) is 91.3 Å². The zero-order chi connectivity index (χ0) is 23.8. The van der Waals surface area contributed by atoms with Gasteiger partial charge in [0, 0.05) is 24.2 Å². The van der Waals surface area contributed by atoms with Crippen LogP contribution in [0.15, 0.2) is 36.4 Å². The van der Waals surface area contributed by atoms with Crippen molar-refractivity contribution in [3.05, 3.63) is 45.6 Å². The molecule has 8 heteroatoms. The van der Waals surface area contributed by atoms with Gasteiger partial charge >= 0.3 is 11.9 Å². The van der Waals surface area contributed by atoms with Crippen LogP contribution in [-0.4, -0.2) is 36.5 Å². The third-order valence-electron chi connectivity index (χ3n) is 4.49. The Bertz CT molecular complexity index is 829. The lowest BCUT2D eigenvalue weighted by atomic mass is 9.93. The van der Waals surface area contributed by atoms with Crippen LogP contribution < -0.4 is 9.47 Å². The van der Waals surface area contributed by atoms with E-state index in [0.29, 0.717) is 30.1 Å². The molecule has 1 N–H and O–H groups in total. The van der Waals surface area contributed by atoms with Crippen LogP contribution in [0.4, 0.5) is 0 Å². The Hall–Kier alpha value is -1.91. The third-order valence-corrected chi connectivity index (χ3v) is 5.29. The maximum Gasteiger partial charge on any atom is 0.341 e. The van der Waals surface area contributed by atoms with E-state index in [1.807, 2.05) is 19.9 Å². The van der Waals surface area contributed by atoms with Gasteiger partial charge in [-0.05, 0) is 74.4 Å². The predicted octanol–water partition coefficient (Wildman–Crippen LogP) is 4.64. The van der Waals surface area contributed by atoms with Gasteiger partial charge in [0.2, 0.25) is 0 Å². The molecule has 1 aromatic rings. The fourth-order valence-corrected chi connectivity index (χ4v) is 3.10. The molecule has 0 amide bonds. The van der Waals surface area contributed by atoms with Crippen LogP contribution in [-0.2, 0) is 24.7 Å². The first-order valence-electron chi connectivity index (χ1n) is 10.00. The average Bonchev–Trinajstić information content (AvgIpc) is 2.69. The van der Waals surface area contributed by atoms with Crippen LogP contribution >= 0.6 is 22.6 Å². The van der Waals surface area contributed by atoms with Crippen molar-refractivity contribution < 1.29 is 33.6 Å². The average molecular weight is 546 g/mol. The number of hydrogen-bond acceptors (Lipinski definition) is 7. The Morgan fingerprint density at radius 2 is 1.87 bits per heavy atom. The molecule has 0 saturated carbocycles. The molecule has 172 valence electrons. The smallest absolute Gasteiger partial charge is 0.341 e. The van der Waals surface area contributed by atoms with Crippen LogP contribution in [0.5, 0.6) is 11.5 Å². The number of aliphatic hydroxyl groups is 1. The summed E-state index contributed by atoms with van der Waals surface area (Å²) in [4.78, 5) is 23.4. The van der Waals surface area contributed by atoms with E-state index in [9.17, 15) is 14.7 Å². The van der Waals surface area contributed by atoms with E-state index in [2.05, 4.69) is 40.5 Å². The van der Waals surface area contributed by atoms with Crippen LogP contribution in [0, 0.1) is 3.57 Å². The van der Waals surface area contributed by atoms with E-state index in [1.54, 1.807) is 19.9 Å². The van der Waals surface area contributed by atoms with Gasteiger partial charge in [0.05, 0.1) is 15.8 Å². The number of hydrogen-bond donors (Lipinski definition) is 1. The molecular formula is C23H31IO7. The fraction of sp³-hybridized carbons (Fsp3) is 0.478. The lowest BCUT2D eigenvalue weighted by Crippen LogP contribution is -2.21. The van der Waals surface area contributed by atoms with Gasteiger partial charge in [-0.3, -0.25) is 0 Å². The van der Waals surface area contributed by atoms with Gasteiger partial charge in [-0.15, -0.1) is 0 Å². The highest BCUT2D eigenvalue weighted by Gasteiger charge is 2.25. The first kappa shape index (κ1) is 27.1. The third kappa shape index (κ3) is 8.27. The number of ether oxygens (including phenoxy) is 4. The summed E-state index contributed by atoms with van der Waals surface area (Å²) in [7, 11) is 0. The molecule has 0 aliphatic heterocycles. The number of rotatable bonds is 12. The second-order valence-electron chi connectivity index (χ2n) is 7.21. The number of carbonyl (C=O) groups excluding carboxylic acids is 2. The molecule has 7 nitrogen and oxygen atoms in total. The van der Waals surface area contributed by atoms with Crippen molar-refractivity contribution in [3.8, 4) is 11.5 Å². The van der Waals surface area contributed by atoms with E-state index in [0.717, 1.165) is 3.57 Å². The Balaban J connectivity index is 3.01. The summed E-state index contributed by atoms with van der Waals surface area (Å²) in [5.74, 6) is -0.740. The lowest BCUT2D eigenvalue weighted by molar-refractivity contribution is -0.154. The van der Waals surface area contributed by atoms with Crippen molar-refractivity contribution in [1.29, 1.82) is 0 Å². The van der Waals surface area contributed by atoms with Gasteiger partial charge in [0.15, 0.2) is 17.8 Å². The highest BCUT2D eigenvalue weighted by Crippen LogP contribution is 2.39. The molecular weight excluding hydrogens is 515 g/mol. The Labute approximate surface area is 197 Å². The van der Waals surface area contributed by atoms with E-state index >= 15 is 0 Å². The summed E-state index contributed by atoms with van der Waals surface area (Å²) in [6.07, 6.45) is 0.141. The summed E-state index contributed by atoms with van der Waals surface area (Å²) in [5.41, 5.74) is -0.155. The molecule has 0 spiro atoms. The summed E-state index contributed by atoms with van der Waals surface area (Å²) in [6, 6.07) is 3.55. The first-order chi connectivity index (χ1) is 14.4. The lowest BCUT2D eigenvalue weighted by Gasteiger charge is -2.25. The normalized spacial score (nSPS) is 13.6.